The van der Waals surface area contributed by atoms with E-state index in [0.29, 0.717) is 5.78 Å². The summed E-state index contributed by atoms with van der Waals surface area (Å²) in [6.07, 6.45) is 2.08. The smallest absolute Gasteiger partial charge is 0.169 e. The summed E-state index contributed by atoms with van der Waals surface area (Å²) in [5, 5.41) is 0. The molecule has 1 nitrogen and oxygen atoms in total. The molecule has 0 spiro atoms. The van der Waals surface area contributed by atoms with E-state index in [4.69, 9.17) is 0 Å². The van der Waals surface area contributed by atoms with Crippen molar-refractivity contribution in [3.8, 4) is 0 Å². The normalized spacial score (nSPS) is 31.6. The van der Waals surface area contributed by atoms with E-state index in [9.17, 15) is 4.79 Å². The van der Waals surface area contributed by atoms with Gasteiger partial charge in [-0.15, -0.1) is 0 Å². The molecule has 1 heteroatoms. The lowest BCUT2D eigenvalue weighted by molar-refractivity contribution is 0.0936. The van der Waals surface area contributed by atoms with E-state index in [1.54, 1.807) is 0 Å². The Morgan fingerprint density at radius 1 is 0.833 bits per heavy atom. The van der Waals surface area contributed by atoms with Crippen molar-refractivity contribution in [2.75, 3.05) is 0 Å². The first-order chi connectivity index (χ1) is 8.79. The van der Waals surface area contributed by atoms with Gasteiger partial charge in [0.15, 0.2) is 5.78 Å². The fraction of sp³-hybridized carbons (Fsp3) is 0.235. The van der Waals surface area contributed by atoms with Crippen LogP contribution in [0.4, 0.5) is 0 Å². The first kappa shape index (κ1) is 10.1. The van der Waals surface area contributed by atoms with Gasteiger partial charge in [-0.25, -0.2) is 0 Å². The van der Waals surface area contributed by atoms with Crippen LogP contribution in [0.1, 0.15) is 28.8 Å². The Balaban J connectivity index is 1.66. The minimum atomic E-state index is -0.0598. The average Bonchev–Trinajstić information content (AvgIpc) is 3.27. The number of benzene rings is 2. The maximum atomic E-state index is 12.5. The van der Waals surface area contributed by atoms with Crippen LogP contribution in [0.15, 0.2) is 60.7 Å². The van der Waals surface area contributed by atoms with Crippen LogP contribution >= 0.6 is 0 Å². The molecular weight excluding hydrogens is 220 g/mol. The van der Waals surface area contributed by atoms with E-state index in [1.165, 1.54) is 5.56 Å². The van der Waals surface area contributed by atoms with Crippen LogP contribution in [0.2, 0.25) is 0 Å². The summed E-state index contributed by atoms with van der Waals surface area (Å²) in [7, 11) is 0. The molecule has 0 aromatic heterocycles. The van der Waals surface area contributed by atoms with Gasteiger partial charge in [0.1, 0.15) is 0 Å². The van der Waals surface area contributed by atoms with Gasteiger partial charge in [0.25, 0.3) is 0 Å². The Morgan fingerprint density at radius 3 is 2.00 bits per heavy atom. The van der Waals surface area contributed by atoms with Gasteiger partial charge in [-0.1, -0.05) is 60.7 Å². The quantitative estimate of drug-likeness (QED) is 0.741. The van der Waals surface area contributed by atoms with Crippen molar-refractivity contribution in [2.24, 2.45) is 5.41 Å². The maximum Gasteiger partial charge on any atom is 0.169 e. The average molecular weight is 234 g/mol. The highest BCUT2D eigenvalue weighted by Crippen LogP contribution is 2.86. The maximum absolute atomic E-state index is 12.5. The summed E-state index contributed by atoms with van der Waals surface area (Å²) in [5.74, 6) is 0.340. The standard InChI is InChI=1S/C17H14O/c18-15(13-7-3-1-4-8-13)17-11-16(17,12-17)14-9-5-2-6-10-14/h1-10H,11-12H2. The van der Waals surface area contributed by atoms with E-state index < -0.39 is 0 Å². The molecule has 2 fully saturated rings. The van der Waals surface area contributed by atoms with E-state index >= 15 is 0 Å². The number of hydrogen-bond donors (Lipinski definition) is 0. The van der Waals surface area contributed by atoms with E-state index in [1.807, 2.05) is 36.4 Å². The minimum Gasteiger partial charge on any atom is -0.294 e. The molecule has 2 aromatic rings. The monoisotopic (exact) mass is 234 g/mol. The molecule has 4 rings (SSSR count). The number of hydrogen-bond acceptors (Lipinski definition) is 1. The van der Waals surface area contributed by atoms with E-state index in [2.05, 4.69) is 24.3 Å². The summed E-state index contributed by atoms with van der Waals surface area (Å²) in [5.41, 5.74) is 2.33. The molecule has 0 amide bonds. The Morgan fingerprint density at radius 2 is 1.39 bits per heavy atom. The molecule has 2 aliphatic rings. The van der Waals surface area contributed by atoms with Crippen LogP contribution in [-0.2, 0) is 5.41 Å². The fourth-order valence-electron chi connectivity index (χ4n) is 3.37. The summed E-state index contributed by atoms with van der Waals surface area (Å²) in [4.78, 5) is 12.5. The van der Waals surface area contributed by atoms with Gasteiger partial charge in [0.2, 0.25) is 0 Å². The molecule has 18 heavy (non-hydrogen) atoms. The predicted octanol–water partition coefficient (Wildman–Crippen LogP) is 3.60. The SMILES string of the molecule is O=C(c1ccccc1)C12CC1(c1ccccc1)C2. The van der Waals surface area contributed by atoms with Crippen molar-refractivity contribution in [2.45, 2.75) is 18.3 Å². The molecule has 2 saturated carbocycles. The van der Waals surface area contributed by atoms with E-state index in [0.717, 1.165) is 18.4 Å². The first-order valence-corrected chi connectivity index (χ1v) is 6.44. The molecule has 0 heterocycles. The van der Waals surface area contributed by atoms with Crippen molar-refractivity contribution < 1.29 is 4.79 Å². The number of rotatable bonds is 3. The van der Waals surface area contributed by atoms with Crippen LogP contribution in [0.3, 0.4) is 0 Å². The molecule has 0 N–H and O–H groups in total. The lowest BCUT2D eigenvalue weighted by atomic mass is 10.0. The molecule has 88 valence electrons. The minimum absolute atomic E-state index is 0.0598. The topological polar surface area (TPSA) is 17.1 Å². The zero-order chi connectivity index (χ0) is 12.2. The van der Waals surface area contributed by atoms with Crippen LogP contribution in [0.25, 0.3) is 0 Å². The number of ketones is 1. The fourth-order valence-corrected chi connectivity index (χ4v) is 3.37. The number of carbonyl (C=O) groups is 1. The molecule has 0 aliphatic heterocycles. The van der Waals surface area contributed by atoms with Gasteiger partial charge in [-0.3, -0.25) is 4.79 Å². The van der Waals surface area contributed by atoms with Gasteiger partial charge in [0, 0.05) is 16.4 Å². The third-order valence-electron chi connectivity index (χ3n) is 4.67. The third-order valence-corrected chi connectivity index (χ3v) is 4.67. The molecule has 0 saturated heterocycles. The Kier molecular flexibility index (Phi) is 1.74. The lowest BCUT2D eigenvalue weighted by Gasteiger charge is -2.01. The molecule has 0 radical (unpaired) electrons. The molecular formula is C17H14O. The largest absolute Gasteiger partial charge is 0.294 e. The summed E-state index contributed by atoms with van der Waals surface area (Å²) >= 11 is 0. The number of carbonyl (C=O) groups excluding carboxylic acids is 1. The van der Waals surface area contributed by atoms with Crippen molar-refractivity contribution in [1.29, 1.82) is 0 Å². The Hall–Kier alpha value is -1.89. The number of fused-ring (bicyclic) bond motifs is 1. The second-order valence-electron chi connectivity index (χ2n) is 5.58. The zero-order valence-electron chi connectivity index (χ0n) is 10.1. The molecule has 0 bridgehead atoms. The predicted molar refractivity (Wildman–Crippen MR) is 70.6 cm³/mol. The van der Waals surface area contributed by atoms with Gasteiger partial charge in [-0.2, -0.15) is 0 Å². The highest BCUT2D eigenvalue weighted by molar-refractivity contribution is 6.08. The molecule has 0 atom stereocenters. The van der Waals surface area contributed by atoms with Gasteiger partial charge in [-0.05, 0) is 18.4 Å². The van der Waals surface area contributed by atoms with Crippen LogP contribution in [0.5, 0.6) is 0 Å². The summed E-state index contributed by atoms with van der Waals surface area (Å²) < 4.78 is 0. The summed E-state index contributed by atoms with van der Waals surface area (Å²) in [6.45, 7) is 0. The van der Waals surface area contributed by atoms with Crippen LogP contribution in [-0.4, -0.2) is 5.78 Å². The van der Waals surface area contributed by atoms with Crippen LogP contribution < -0.4 is 0 Å². The molecule has 0 unspecified atom stereocenters. The van der Waals surface area contributed by atoms with Gasteiger partial charge in [0.05, 0.1) is 0 Å². The lowest BCUT2D eigenvalue weighted by Crippen LogP contribution is -2.07. The van der Waals surface area contributed by atoms with Gasteiger partial charge < -0.3 is 0 Å². The number of Topliss-reactive ketones (excluding diaryl/α,β-unsaturated/α-hetero) is 1. The zero-order valence-corrected chi connectivity index (χ0v) is 10.1. The Labute approximate surface area is 106 Å². The van der Waals surface area contributed by atoms with Crippen LogP contribution in [0, 0.1) is 5.41 Å². The summed E-state index contributed by atoms with van der Waals surface area (Å²) in [6, 6.07) is 20.2. The molecule has 2 aromatic carbocycles. The Bertz CT molecular complexity index is 607. The van der Waals surface area contributed by atoms with Crippen molar-refractivity contribution in [1.82, 2.24) is 0 Å². The van der Waals surface area contributed by atoms with E-state index in [-0.39, 0.29) is 10.8 Å². The van der Waals surface area contributed by atoms with Crippen molar-refractivity contribution in [3.63, 3.8) is 0 Å². The van der Waals surface area contributed by atoms with Crippen molar-refractivity contribution in [3.05, 3.63) is 71.8 Å². The first-order valence-electron chi connectivity index (χ1n) is 6.44. The van der Waals surface area contributed by atoms with Gasteiger partial charge >= 0.3 is 0 Å². The van der Waals surface area contributed by atoms with Crippen molar-refractivity contribution >= 4 is 5.78 Å². The molecule has 2 aliphatic carbocycles. The second-order valence-corrected chi connectivity index (χ2v) is 5.58. The third kappa shape index (κ3) is 1.09. The second kappa shape index (κ2) is 3.11. The highest BCUT2D eigenvalue weighted by atomic mass is 16.1. The highest BCUT2D eigenvalue weighted by Gasteiger charge is 2.86.